The van der Waals surface area contributed by atoms with Gasteiger partial charge in [0.1, 0.15) is 0 Å². The van der Waals surface area contributed by atoms with Crippen LogP contribution in [0.1, 0.15) is 30.0 Å². The molecular formula is C18H22ClN. The summed E-state index contributed by atoms with van der Waals surface area (Å²) in [6, 6.07) is 12.6. The minimum atomic E-state index is 0.798. The molecule has 0 fully saturated rings. The highest BCUT2D eigenvalue weighted by molar-refractivity contribution is 6.30. The van der Waals surface area contributed by atoms with Crippen LogP contribution in [0.3, 0.4) is 0 Å². The van der Waals surface area contributed by atoms with Crippen molar-refractivity contribution in [2.24, 2.45) is 0 Å². The van der Waals surface area contributed by atoms with Gasteiger partial charge < -0.3 is 5.32 Å². The van der Waals surface area contributed by atoms with Gasteiger partial charge in [0.15, 0.2) is 0 Å². The quantitative estimate of drug-likeness (QED) is 0.752. The molecule has 0 atom stereocenters. The number of rotatable bonds is 5. The van der Waals surface area contributed by atoms with Crippen LogP contribution in [0.4, 0.5) is 0 Å². The molecule has 2 heteroatoms. The number of aryl methyl sites for hydroxylation is 1. The lowest BCUT2D eigenvalue weighted by Crippen LogP contribution is -2.14. The number of hydrogen-bond donors (Lipinski definition) is 1. The lowest BCUT2D eigenvalue weighted by molar-refractivity contribution is 0.676. The van der Waals surface area contributed by atoms with E-state index in [9.17, 15) is 0 Å². The summed E-state index contributed by atoms with van der Waals surface area (Å²) in [4.78, 5) is 0. The van der Waals surface area contributed by atoms with E-state index in [0.29, 0.717) is 0 Å². The van der Waals surface area contributed by atoms with Gasteiger partial charge in [0, 0.05) is 11.6 Å². The Morgan fingerprint density at radius 3 is 2.60 bits per heavy atom. The molecule has 2 rings (SSSR count). The smallest absolute Gasteiger partial charge is 0.0409 e. The van der Waals surface area contributed by atoms with Crippen LogP contribution in [0, 0.1) is 13.8 Å². The van der Waals surface area contributed by atoms with Gasteiger partial charge in [-0.2, -0.15) is 0 Å². The summed E-state index contributed by atoms with van der Waals surface area (Å²) in [7, 11) is 0. The minimum absolute atomic E-state index is 0.798. The average Bonchev–Trinajstić information content (AvgIpc) is 2.43. The summed E-state index contributed by atoms with van der Waals surface area (Å²) in [6.45, 7) is 8.40. The van der Waals surface area contributed by atoms with Crippen LogP contribution in [0.15, 0.2) is 36.4 Å². The molecule has 0 unspecified atom stereocenters. The van der Waals surface area contributed by atoms with Crippen molar-refractivity contribution in [1.82, 2.24) is 5.32 Å². The predicted octanol–water partition coefficient (Wildman–Crippen LogP) is 5.12. The minimum Gasteiger partial charge on any atom is -0.313 e. The van der Waals surface area contributed by atoms with Crippen molar-refractivity contribution in [3.63, 3.8) is 0 Å². The van der Waals surface area contributed by atoms with Gasteiger partial charge in [-0.25, -0.2) is 0 Å². The Hall–Kier alpha value is -1.31. The Labute approximate surface area is 127 Å². The fourth-order valence-electron chi connectivity index (χ4n) is 2.41. The topological polar surface area (TPSA) is 12.0 Å². The van der Waals surface area contributed by atoms with E-state index < -0.39 is 0 Å². The molecule has 0 saturated carbocycles. The lowest BCUT2D eigenvalue weighted by atomic mass is 9.93. The zero-order valence-corrected chi connectivity index (χ0v) is 13.2. The Kier molecular flexibility index (Phi) is 5.22. The Balaban J connectivity index is 2.42. The summed E-state index contributed by atoms with van der Waals surface area (Å²) in [5.41, 5.74) is 6.50. The molecule has 2 aromatic rings. The summed E-state index contributed by atoms with van der Waals surface area (Å²) in [5.74, 6) is 0. The largest absolute Gasteiger partial charge is 0.313 e. The van der Waals surface area contributed by atoms with Gasteiger partial charge in [0.05, 0.1) is 0 Å². The van der Waals surface area contributed by atoms with E-state index in [1.807, 2.05) is 6.07 Å². The van der Waals surface area contributed by atoms with Gasteiger partial charge in [-0.05, 0) is 66.8 Å². The van der Waals surface area contributed by atoms with E-state index in [1.165, 1.54) is 27.8 Å². The molecule has 106 valence electrons. The highest BCUT2D eigenvalue weighted by atomic mass is 35.5. The average molecular weight is 288 g/mol. The molecule has 0 aliphatic carbocycles. The third kappa shape index (κ3) is 3.41. The van der Waals surface area contributed by atoms with Crippen molar-refractivity contribution >= 4 is 11.6 Å². The molecule has 2 aromatic carbocycles. The van der Waals surface area contributed by atoms with E-state index in [0.717, 1.165) is 24.5 Å². The third-order valence-electron chi connectivity index (χ3n) is 3.70. The lowest BCUT2D eigenvalue weighted by Gasteiger charge is -2.14. The maximum atomic E-state index is 6.16. The van der Waals surface area contributed by atoms with Crippen molar-refractivity contribution in [3.05, 3.63) is 58.1 Å². The van der Waals surface area contributed by atoms with Crippen molar-refractivity contribution in [2.45, 2.75) is 33.7 Å². The molecule has 20 heavy (non-hydrogen) atoms. The first kappa shape index (κ1) is 15.1. The monoisotopic (exact) mass is 287 g/mol. The predicted molar refractivity (Wildman–Crippen MR) is 88.4 cm³/mol. The van der Waals surface area contributed by atoms with Gasteiger partial charge in [0.25, 0.3) is 0 Å². The molecule has 0 spiro atoms. The first-order chi connectivity index (χ1) is 9.63. The molecule has 1 nitrogen and oxygen atoms in total. The van der Waals surface area contributed by atoms with Gasteiger partial charge >= 0.3 is 0 Å². The Morgan fingerprint density at radius 1 is 1.05 bits per heavy atom. The number of benzene rings is 2. The standard InChI is InChI=1S/C18H22ClN/c1-4-10-20-12-15-11-16(19)8-9-18(15)17-7-5-6-13(2)14(17)3/h5-9,11,20H,4,10,12H2,1-3H3. The highest BCUT2D eigenvalue weighted by Crippen LogP contribution is 2.30. The zero-order valence-electron chi connectivity index (χ0n) is 12.5. The third-order valence-corrected chi connectivity index (χ3v) is 3.94. The summed E-state index contributed by atoms with van der Waals surface area (Å²) in [6.07, 6.45) is 1.14. The second-order valence-corrected chi connectivity index (χ2v) is 5.66. The molecule has 0 bridgehead atoms. The zero-order chi connectivity index (χ0) is 14.5. The fourth-order valence-corrected chi connectivity index (χ4v) is 2.61. The van der Waals surface area contributed by atoms with Gasteiger partial charge in [0.2, 0.25) is 0 Å². The number of hydrogen-bond acceptors (Lipinski definition) is 1. The Morgan fingerprint density at radius 2 is 1.85 bits per heavy atom. The molecule has 0 heterocycles. The van der Waals surface area contributed by atoms with Crippen LogP contribution in [-0.2, 0) is 6.54 Å². The number of halogens is 1. The van der Waals surface area contributed by atoms with E-state index in [2.05, 4.69) is 56.4 Å². The highest BCUT2D eigenvalue weighted by Gasteiger charge is 2.09. The molecule has 0 aliphatic heterocycles. The maximum absolute atomic E-state index is 6.16. The molecule has 0 aromatic heterocycles. The van der Waals surface area contributed by atoms with Crippen LogP contribution < -0.4 is 5.32 Å². The van der Waals surface area contributed by atoms with Crippen molar-refractivity contribution in [2.75, 3.05) is 6.54 Å². The molecule has 1 N–H and O–H groups in total. The van der Waals surface area contributed by atoms with Crippen molar-refractivity contribution in [1.29, 1.82) is 0 Å². The molecule has 0 aliphatic rings. The van der Waals surface area contributed by atoms with Gasteiger partial charge in [-0.1, -0.05) is 42.8 Å². The van der Waals surface area contributed by atoms with Crippen LogP contribution in [0.2, 0.25) is 5.02 Å². The van der Waals surface area contributed by atoms with E-state index in [-0.39, 0.29) is 0 Å². The maximum Gasteiger partial charge on any atom is 0.0409 e. The first-order valence-corrected chi connectivity index (χ1v) is 7.57. The second kappa shape index (κ2) is 6.92. The Bertz CT molecular complexity index is 590. The molecule has 0 radical (unpaired) electrons. The van der Waals surface area contributed by atoms with Gasteiger partial charge in [-0.15, -0.1) is 0 Å². The normalized spacial score (nSPS) is 10.8. The van der Waals surface area contributed by atoms with Crippen molar-refractivity contribution < 1.29 is 0 Å². The number of nitrogens with one attached hydrogen (secondary N) is 1. The first-order valence-electron chi connectivity index (χ1n) is 7.19. The summed E-state index contributed by atoms with van der Waals surface area (Å²) >= 11 is 6.16. The van der Waals surface area contributed by atoms with Crippen LogP contribution >= 0.6 is 11.6 Å². The van der Waals surface area contributed by atoms with E-state index in [4.69, 9.17) is 11.6 Å². The van der Waals surface area contributed by atoms with E-state index >= 15 is 0 Å². The molecule has 0 amide bonds. The van der Waals surface area contributed by atoms with Gasteiger partial charge in [-0.3, -0.25) is 0 Å². The summed E-state index contributed by atoms with van der Waals surface area (Å²) < 4.78 is 0. The molecule has 0 saturated heterocycles. The van der Waals surface area contributed by atoms with Crippen molar-refractivity contribution in [3.8, 4) is 11.1 Å². The second-order valence-electron chi connectivity index (χ2n) is 5.23. The van der Waals surface area contributed by atoms with Crippen LogP contribution in [0.5, 0.6) is 0 Å². The van der Waals surface area contributed by atoms with E-state index in [1.54, 1.807) is 0 Å². The molecular weight excluding hydrogens is 266 g/mol. The SMILES string of the molecule is CCCNCc1cc(Cl)ccc1-c1cccc(C)c1C. The summed E-state index contributed by atoms with van der Waals surface area (Å²) in [5, 5.41) is 4.26. The fraction of sp³-hybridized carbons (Fsp3) is 0.333. The van der Waals surface area contributed by atoms with Crippen LogP contribution in [-0.4, -0.2) is 6.54 Å². The van der Waals surface area contributed by atoms with Crippen LogP contribution in [0.25, 0.3) is 11.1 Å².